The van der Waals surface area contributed by atoms with Gasteiger partial charge in [-0.3, -0.25) is 0 Å². The minimum Gasteiger partial charge on any atom is -0.378 e. The summed E-state index contributed by atoms with van der Waals surface area (Å²) in [7, 11) is 0. The average Bonchev–Trinajstić information content (AvgIpc) is 2.28. The summed E-state index contributed by atoms with van der Waals surface area (Å²) in [4.78, 5) is 2.38. The van der Waals surface area contributed by atoms with Gasteiger partial charge in [0.1, 0.15) is 0 Å². The lowest BCUT2D eigenvalue weighted by Gasteiger charge is -2.40. The highest BCUT2D eigenvalue weighted by molar-refractivity contribution is 5.04. The van der Waals surface area contributed by atoms with Crippen LogP contribution in [0.1, 0.15) is 26.7 Å². The Morgan fingerprint density at radius 2 is 1.94 bits per heavy atom. The molecule has 16 heavy (non-hydrogen) atoms. The fraction of sp³-hybridized carbons (Fsp3) is 0.846. The monoisotopic (exact) mass is 225 g/mol. The first-order chi connectivity index (χ1) is 7.58. The standard InChI is InChI=1S/C13H23NO2/c1-11(14-5-8-15-9-6-14)12-4-7-16-13(2,3)10-12/h12H,1,4-10H2,2-3H3. The van der Waals surface area contributed by atoms with E-state index >= 15 is 0 Å². The molecule has 2 aliphatic heterocycles. The van der Waals surface area contributed by atoms with Crippen molar-refractivity contribution in [3.05, 3.63) is 12.3 Å². The van der Waals surface area contributed by atoms with Gasteiger partial charge in [-0.2, -0.15) is 0 Å². The maximum absolute atomic E-state index is 5.75. The Kier molecular flexibility index (Phi) is 3.55. The van der Waals surface area contributed by atoms with Gasteiger partial charge in [-0.25, -0.2) is 0 Å². The van der Waals surface area contributed by atoms with Crippen molar-refractivity contribution in [2.45, 2.75) is 32.3 Å². The van der Waals surface area contributed by atoms with Gasteiger partial charge in [-0.1, -0.05) is 6.58 Å². The van der Waals surface area contributed by atoms with E-state index < -0.39 is 0 Å². The summed E-state index contributed by atoms with van der Waals surface area (Å²) in [5.74, 6) is 0.585. The second kappa shape index (κ2) is 4.76. The zero-order valence-corrected chi connectivity index (χ0v) is 10.5. The van der Waals surface area contributed by atoms with Crippen molar-refractivity contribution in [1.29, 1.82) is 0 Å². The first-order valence-electron chi connectivity index (χ1n) is 6.24. The maximum Gasteiger partial charge on any atom is 0.0642 e. The van der Waals surface area contributed by atoms with Crippen molar-refractivity contribution in [2.75, 3.05) is 32.9 Å². The van der Waals surface area contributed by atoms with Crippen LogP contribution in [-0.4, -0.2) is 43.4 Å². The lowest BCUT2D eigenvalue weighted by molar-refractivity contribution is -0.0716. The first kappa shape index (κ1) is 11.9. The summed E-state index contributed by atoms with van der Waals surface area (Å²) in [5.41, 5.74) is 1.30. The molecule has 1 atom stereocenters. The van der Waals surface area contributed by atoms with Crippen LogP contribution in [0.25, 0.3) is 0 Å². The number of rotatable bonds is 2. The van der Waals surface area contributed by atoms with Gasteiger partial charge < -0.3 is 14.4 Å². The highest BCUT2D eigenvalue weighted by Gasteiger charge is 2.32. The van der Waals surface area contributed by atoms with Gasteiger partial charge in [0.2, 0.25) is 0 Å². The van der Waals surface area contributed by atoms with Crippen LogP contribution in [0, 0.1) is 5.92 Å². The summed E-state index contributed by atoms with van der Waals surface area (Å²) in [6.07, 6.45) is 2.20. The van der Waals surface area contributed by atoms with E-state index in [-0.39, 0.29) is 5.60 Å². The van der Waals surface area contributed by atoms with E-state index in [4.69, 9.17) is 9.47 Å². The zero-order chi connectivity index (χ0) is 11.6. The summed E-state index contributed by atoms with van der Waals surface area (Å²) in [6, 6.07) is 0. The highest BCUT2D eigenvalue weighted by Crippen LogP contribution is 2.33. The Bertz CT molecular complexity index is 257. The maximum atomic E-state index is 5.75. The van der Waals surface area contributed by atoms with Crippen LogP contribution < -0.4 is 0 Å². The number of hydrogen-bond donors (Lipinski definition) is 0. The number of nitrogens with zero attached hydrogens (tertiary/aromatic N) is 1. The molecule has 0 radical (unpaired) electrons. The van der Waals surface area contributed by atoms with Crippen LogP contribution in [0.5, 0.6) is 0 Å². The van der Waals surface area contributed by atoms with Gasteiger partial charge >= 0.3 is 0 Å². The molecule has 0 spiro atoms. The summed E-state index contributed by atoms with van der Waals surface area (Å²) in [6.45, 7) is 13.2. The van der Waals surface area contributed by atoms with Crippen molar-refractivity contribution in [3.8, 4) is 0 Å². The molecule has 92 valence electrons. The van der Waals surface area contributed by atoms with Crippen LogP contribution in [0.3, 0.4) is 0 Å². The molecule has 0 aromatic rings. The third-order valence-electron chi connectivity index (χ3n) is 3.59. The third kappa shape index (κ3) is 2.77. The van der Waals surface area contributed by atoms with Gasteiger partial charge in [0.15, 0.2) is 0 Å². The molecular formula is C13H23NO2. The Hall–Kier alpha value is -0.540. The molecule has 0 aromatic carbocycles. The topological polar surface area (TPSA) is 21.7 Å². The normalized spacial score (nSPS) is 30.1. The molecule has 2 aliphatic rings. The van der Waals surface area contributed by atoms with Crippen molar-refractivity contribution in [2.24, 2.45) is 5.92 Å². The summed E-state index contributed by atoms with van der Waals surface area (Å²) >= 11 is 0. The van der Waals surface area contributed by atoms with Gasteiger partial charge in [0.05, 0.1) is 18.8 Å². The predicted octanol–water partition coefficient (Wildman–Crippen LogP) is 2.04. The van der Waals surface area contributed by atoms with Crippen LogP contribution >= 0.6 is 0 Å². The molecule has 2 saturated heterocycles. The number of allylic oxidation sites excluding steroid dienone is 1. The van der Waals surface area contributed by atoms with E-state index in [0.29, 0.717) is 5.92 Å². The first-order valence-corrected chi connectivity index (χ1v) is 6.24. The third-order valence-corrected chi connectivity index (χ3v) is 3.59. The van der Waals surface area contributed by atoms with E-state index in [1.54, 1.807) is 0 Å². The quantitative estimate of drug-likeness (QED) is 0.718. The van der Waals surface area contributed by atoms with E-state index in [1.165, 1.54) is 5.70 Å². The van der Waals surface area contributed by atoms with Crippen LogP contribution in [-0.2, 0) is 9.47 Å². The minimum absolute atomic E-state index is 0.0120. The zero-order valence-electron chi connectivity index (χ0n) is 10.5. The molecule has 0 N–H and O–H groups in total. The lowest BCUT2D eigenvalue weighted by atomic mass is 9.86. The molecule has 2 heterocycles. The largest absolute Gasteiger partial charge is 0.378 e. The Labute approximate surface area is 98.4 Å². The van der Waals surface area contributed by atoms with Crippen molar-refractivity contribution >= 4 is 0 Å². The fourth-order valence-electron chi connectivity index (χ4n) is 2.63. The van der Waals surface area contributed by atoms with Gasteiger partial charge in [-0.15, -0.1) is 0 Å². The predicted molar refractivity (Wildman–Crippen MR) is 64.3 cm³/mol. The smallest absolute Gasteiger partial charge is 0.0642 e. The number of morpholine rings is 1. The van der Waals surface area contributed by atoms with E-state index in [2.05, 4.69) is 25.3 Å². The Morgan fingerprint density at radius 3 is 2.56 bits per heavy atom. The minimum atomic E-state index is 0.0120. The molecule has 0 bridgehead atoms. The average molecular weight is 225 g/mol. The second-order valence-corrected chi connectivity index (χ2v) is 5.39. The SMILES string of the molecule is C=C(C1CCOC(C)(C)C1)N1CCOCC1. The molecule has 1 unspecified atom stereocenters. The molecule has 0 amide bonds. The van der Waals surface area contributed by atoms with Crippen molar-refractivity contribution in [1.82, 2.24) is 4.90 Å². The highest BCUT2D eigenvalue weighted by atomic mass is 16.5. The number of hydrogen-bond acceptors (Lipinski definition) is 3. The van der Waals surface area contributed by atoms with Crippen LogP contribution in [0.4, 0.5) is 0 Å². The molecule has 3 nitrogen and oxygen atoms in total. The lowest BCUT2D eigenvalue weighted by Crippen LogP contribution is -2.41. The van der Waals surface area contributed by atoms with E-state index in [9.17, 15) is 0 Å². The van der Waals surface area contributed by atoms with Crippen molar-refractivity contribution in [3.63, 3.8) is 0 Å². The Balaban J connectivity index is 1.93. The van der Waals surface area contributed by atoms with Gasteiger partial charge in [0.25, 0.3) is 0 Å². The molecule has 2 fully saturated rings. The molecule has 0 aromatic heterocycles. The second-order valence-electron chi connectivity index (χ2n) is 5.39. The van der Waals surface area contributed by atoms with Crippen molar-refractivity contribution < 1.29 is 9.47 Å². The molecule has 3 heteroatoms. The summed E-state index contributed by atoms with van der Waals surface area (Å²) < 4.78 is 11.1. The molecule has 0 aliphatic carbocycles. The van der Waals surface area contributed by atoms with E-state index in [0.717, 1.165) is 45.8 Å². The summed E-state index contributed by atoms with van der Waals surface area (Å²) in [5, 5.41) is 0. The van der Waals surface area contributed by atoms with Gasteiger partial charge in [0, 0.05) is 31.3 Å². The molecule has 2 rings (SSSR count). The van der Waals surface area contributed by atoms with Crippen LogP contribution in [0.2, 0.25) is 0 Å². The molecule has 0 saturated carbocycles. The van der Waals surface area contributed by atoms with Gasteiger partial charge in [-0.05, 0) is 26.7 Å². The Morgan fingerprint density at radius 1 is 1.25 bits per heavy atom. The number of ether oxygens (including phenoxy) is 2. The van der Waals surface area contributed by atoms with Crippen LogP contribution in [0.15, 0.2) is 12.3 Å². The fourth-order valence-corrected chi connectivity index (χ4v) is 2.63. The molecular weight excluding hydrogens is 202 g/mol. The van der Waals surface area contributed by atoms with E-state index in [1.807, 2.05) is 0 Å².